The predicted molar refractivity (Wildman–Crippen MR) is 77.3 cm³/mol. The maximum absolute atomic E-state index is 12.1. The molecule has 110 valence electrons. The zero-order chi connectivity index (χ0) is 14.0. The van der Waals surface area contributed by atoms with Crippen molar-refractivity contribution in [2.45, 2.75) is 38.3 Å². The van der Waals surface area contributed by atoms with Gasteiger partial charge in [0, 0.05) is 18.6 Å². The van der Waals surface area contributed by atoms with Crippen molar-refractivity contribution >= 4 is 6.03 Å². The van der Waals surface area contributed by atoms with Crippen molar-refractivity contribution in [3.63, 3.8) is 0 Å². The molecule has 2 heterocycles. The lowest BCUT2D eigenvalue weighted by atomic mass is 9.90. The van der Waals surface area contributed by atoms with Gasteiger partial charge in [-0.1, -0.05) is 0 Å². The second-order valence-electron chi connectivity index (χ2n) is 6.71. The van der Waals surface area contributed by atoms with Crippen LogP contribution in [0.3, 0.4) is 0 Å². The second-order valence-corrected chi connectivity index (χ2v) is 6.71. The molecule has 19 heavy (non-hydrogen) atoms. The molecule has 0 aliphatic carbocycles. The number of carbonyl (C=O) groups is 1. The van der Waals surface area contributed by atoms with E-state index in [1.165, 1.54) is 12.8 Å². The van der Waals surface area contributed by atoms with E-state index in [4.69, 9.17) is 0 Å². The number of carbonyl (C=O) groups excluding carboxylic acids is 1. The summed E-state index contributed by atoms with van der Waals surface area (Å²) in [5, 5.41) is 6.44. The molecule has 2 rings (SSSR count). The summed E-state index contributed by atoms with van der Waals surface area (Å²) in [6.45, 7) is 8.18. The molecule has 2 amide bonds. The Kier molecular flexibility index (Phi) is 4.36. The van der Waals surface area contributed by atoms with E-state index in [1.807, 2.05) is 11.9 Å². The molecule has 1 unspecified atom stereocenters. The number of nitrogens with zero attached hydrogens (tertiary/aromatic N) is 2. The highest BCUT2D eigenvalue weighted by atomic mass is 16.2. The minimum absolute atomic E-state index is 0.0288. The topological polar surface area (TPSA) is 47.6 Å². The fraction of sp³-hybridized carbons (Fsp3) is 0.929. The Labute approximate surface area is 116 Å². The summed E-state index contributed by atoms with van der Waals surface area (Å²) >= 11 is 0. The van der Waals surface area contributed by atoms with Crippen LogP contribution in [0.4, 0.5) is 4.79 Å². The molecule has 0 aromatic heterocycles. The number of rotatable bonds is 4. The van der Waals surface area contributed by atoms with Crippen molar-refractivity contribution in [2.24, 2.45) is 5.92 Å². The number of nitrogens with one attached hydrogen (secondary N) is 2. The molecular weight excluding hydrogens is 240 g/mol. The van der Waals surface area contributed by atoms with Crippen LogP contribution in [-0.2, 0) is 0 Å². The Morgan fingerprint density at radius 1 is 1.37 bits per heavy atom. The van der Waals surface area contributed by atoms with Crippen molar-refractivity contribution in [2.75, 3.05) is 40.3 Å². The molecule has 1 atom stereocenters. The van der Waals surface area contributed by atoms with Gasteiger partial charge in [0.25, 0.3) is 0 Å². The molecule has 0 spiro atoms. The van der Waals surface area contributed by atoms with Crippen LogP contribution in [-0.4, -0.2) is 67.7 Å². The molecule has 5 heteroatoms. The van der Waals surface area contributed by atoms with E-state index in [9.17, 15) is 4.79 Å². The van der Waals surface area contributed by atoms with Gasteiger partial charge >= 0.3 is 6.03 Å². The van der Waals surface area contributed by atoms with Crippen LogP contribution in [0.5, 0.6) is 0 Å². The van der Waals surface area contributed by atoms with Gasteiger partial charge in [-0.15, -0.1) is 0 Å². The van der Waals surface area contributed by atoms with Crippen LogP contribution < -0.4 is 10.6 Å². The minimum atomic E-state index is -0.0288. The van der Waals surface area contributed by atoms with Gasteiger partial charge in [0.1, 0.15) is 0 Å². The number of hydrogen-bond donors (Lipinski definition) is 2. The molecule has 0 aromatic carbocycles. The smallest absolute Gasteiger partial charge is 0.317 e. The normalized spacial score (nSPS) is 26.8. The Morgan fingerprint density at radius 2 is 2.00 bits per heavy atom. The molecule has 2 aliphatic heterocycles. The Bertz CT molecular complexity index is 323. The number of piperidine rings is 1. The highest BCUT2D eigenvalue weighted by Gasteiger charge is 2.37. The van der Waals surface area contributed by atoms with Crippen LogP contribution in [0, 0.1) is 5.92 Å². The highest BCUT2D eigenvalue weighted by Crippen LogP contribution is 2.24. The summed E-state index contributed by atoms with van der Waals surface area (Å²) in [7, 11) is 4.12. The first-order chi connectivity index (χ1) is 8.91. The Balaban J connectivity index is 1.88. The second kappa shape index (κ2) is 5.67. The first kappa shape index (κ1) is 14.6. The Morgan fingerprint density at radius 3 is 2.58 bits per heavy atom. The average Bonchev–Trinajstić information content (AvgIpc) is 2.71. The summed E-state index contributed by atoms with van der Waals surface area (Å²) in [4.78, 5) is 16.4. The van der Waals surface area contributed by atoms with Crippen LogP contribution >= 0.6 is 0 Å². The fourth-order valence-electron chi connectivity index (χ4n) is 3.01. The van der Waals surface area contributed by atoms with Crippen molar-refractivity contribution in [1.29, 1.82) is 0 Å². The predicted octanol–water partition coefficient (Wildman–Crippen LogP) is 0.720. The third kappa shape index (κ3) is 3.60. The van der Waals surface area contributed by atoms with Gasteiger partial charge in [0.05, 0.1) is 6.04 Å². The largest absolute Gasteiger partial charge is 0.333 e. The molecule has 2 N–H and O–H groups in total. The van der Waals surface area contributed by atoms with Gasteiger partial charge in [0.2, 0.25) is 0 Å². The van der Waals surface area contributed by atoms with E-state index >= 15 is 0 Å². The Hall–Kier alpha value is -0.810. The standard InChI is InChI=1S/C14H28N4O/c1-14(2,15-3)10-18-9-12(16-13(18)19)11-5-7-17(4)8-6-11/h11-12,15H,5-10H2,1-4H3,(H,16,19). The molecule has 2 fully saturated rings. The molecule has 5 nitrogen and oxygen atoms in total. The first-order valence-electron chi connectivity index (χ1n) is 7.34. The lowest BCUT2D eigenvalue weighted by molar-refractivity contribution is 0.186. The van der Waals surface area contributed by atoms with Crippen molar-refractivity contribution in [3.8, 4) is 0 Å². The van der Waals surface area contributed by atoms with E-state index in [2.05, 4.69) is 36.4 Å². The van der Waals surface area contributed by atoms with Gasteiger partial charge < -0.3 is 20.4 Å². The number of likely N-dealkylation sites (N-methyl/N-ethyl adjacent to an activating group) is 1. The van der Waals surface area contributed by atoms with E-state index in [-0.39, 0.29) is 11.6 Å². The van der Waals surface area contributed by atoms with E-state index in [0.717, 1.165) is 26.2 Å². The molecule has 2 aliphatic rings. The summed E-state index contributed by atoms with van der Waals surface area (Å²) in [6, 6.07) is 0.445. The molecule has 0 saturated carbocycles. The third-order valence-electron chi connectivity index (χ3n) is 4.61. The van der Waals surface area contributed by atoms with Gasteiger partial charge in [-0.2, -0.15) is 0 Å². The third-order valence-corrected chi connectivity index (χ3v) is 4.61. The molecule has 0 bridgehead atoms. The maximum atomic E-state index is 12.1. The number of hydrogen-bond acceptors (Lipinski definition) is 3. The fourth-order valence-corrected chi connectivity index (χ4v) is 3.01. The van der Waals surface area contributed by atoms with E-state index in [0.29, 0.717) is 12.0 Å². The highest BCUT2D eigenvalue weighted by molar-refractivity contribution is 5.77. The van der Waals surface area contributed by atoms with Crippen molar-refractivity contribution in [3.05, 3.63) is 0 Å². The summed E-state index contributed by atoms with van der Waals surface area (Å²) in [6.07, 6.45) is 2.40. The molecule has 0 aromatic rings. The maximum Gasteiger partial charge on any atom is 0.317 e. The monoisotopic (exact) mass is 268 g/mol. The van der Waals surface area contributed by atoms with Crippen LogP contribution in [0.1, 0.15) is 26.7 Å². The van der Waals surface area contributed by atoms with E-state index < -0.39 is 0 Å². The number of likely N-dealkylation sites (tertiary alicyclic amines) is 1. The van der Waals surface area contributed by atoms with Gasteiger partial charge in [-0.3, -0.25) is 0 Å². The zero-order valence-corrected chi connectivity index (χ0v) is 12.7. The van der Waals surface area contributed by atoms with Crippen LogP contribution in [0.25, 0.3) is 0 Å². The van der Waals surface area contributed by atoms with Crippen molar-refractivity contribution in [1.82, 2.24) is 20.4 Å². The zero-order valence-electron chi connectivity index (χ0n) is 12.7. The quantitative estimate of drug-likeness (QED) is 0.790. The molecule has 0 radical (unpaired) electrons. The van der Waals surface area contributed by atoms with Crippen molar-refractivity contribution < 1.29 is 4.79 Å². The van der Waals surface area contributed by atoms with Crippen LogP contribution in [0.2, 0.25) is 0 Å². The molecule has 2 saturated heterocycles. The van der Waals surface area contributed by atoms with Gasteiger partial charge in [0.15, 0.2) is 0 Å². The average molecular weight is 268 g/mol. The summed E-state index contributed by atoms with van der Waals surface area (Å²) in [5.74, 6) is 0.642. The van der Waals surface area contributed by atoms with E-state index in [1.54, 1.807) is 0 Å². The lowest BCUT2D eigenvalue weighted by Crippen LogP contribution is -2.48. The lowest BCUT2D eigenvalue weighted by Gasteiger charge is -2.33. The summed E-state index contributed by atoms with van der Waals surface area (Å²) in [5.41, 5.74) is -0.0288. The summed E-state index contributed by atoms with van der Waals surface area (Å²) < 4.78 is 0. The number of amides is 2. The van der Waals surface area contributed by atoms with Crippen LogP contribution in [0.15, 0.2) is 0 Å². The van der Waals surface area contributed by atoms with Gasteiger partial charge in [-0.25, -0.2) is 4.79 Å². The SMILES string of the molecule is CNC(C)(C)CN1CC(C2CCN(C)CC2)NC1=O. The van der Waals surface area contributed by atoms with Gasteiger partial charge in [-0.05, 0) is 59.8 Å². The first-order valence-corrected chi connectivity index (χ1v) is 7.34. The molecular formula is C14H28N4O. The minimum Gasteiger partial charge on any atom is -0.333 e. The number of urea groups is 1.